The average molecular weight is 528 g/mol. The lowest BCUT2D eigenvalue weighted by Crippen LogP contribution is -2.51. The van der Waals surface area contributed by atoms with Gasteiger partial charge in [-0.1, -0.05) is 23.2 Å². The maximum Gasteiger partial charge on any atom is 0.416 e. The van der Waals surface area contributed by atoms with E-state index < -0.39 is 62.5 Å². The van der Waals surface area contributed by atoms with Crippen molar-refractivity contribution in [2.45, 2.75) is 30.9 Å². The van der Waals surface area contributed by atoms with E-state index >= 15 is 0 Å². The molecule has 35 heavy (non-hydrogen) atoms. The number of rotatable bonds is 4. The van der Waals surface area contributed by atoms with E-state index in [2.05, 4.69) is 9.97 Å². The van der Waals surface area contributed by atoms with E-state index in [0.717, 1.165) is 13.0 Å². The van der Waals surface area contributed by atoms with Crippen LogP contribution < -0.4 is 5.73 Å². The zero-order valence-corrected chi connectivity index (χ0v) is 19.0. The molecule has 0 fully saturated rings. The van der Waals surface area contributed by atoms with Crippen molar-refractivity contribution in [3.8, 4) is 12.1 Å². The number of carboxylic acids is 2. The average Bonchev–Trinajstić information content (AvgIpc) is 3.14. The lowest BCUT2D eigenvalue weighted by molar-refractivity contribution is -0.153. The second kappa shape index (κ2) is 8.48. The molecule has 1 heterocycles. The molecule has 1 aromatic carbocycles. The van der Waals surface area contributed by atoms with Gasteiger partial charge in [0, 0.05) is 21.3 Å². The summed E-state index contributed by atoms with van der Waals surface area (Å²) in [7, 11) is 0. The number of hydrogen-bond donors (Lipinski definition) is 4. The van der Waals surface area contributed by atoms with Crippen LogP contribution in [-0.2, 0) is 21.2 Å². The Morgan fingerprint density at radius 3 is 2.17 bits per heavy atom. The summed E-state index contributed by atoms with van der Waals surface area (Å²) >= 11 is 12.2. The van der Waals surface area contributed by atoms with Gasteiger partial charge in [-0.05, 0) is 31.6 Å². The molecule has 3 rings (SSSR count). The van der Waals surface area contributed by atoms with Crippen LogP contribution >= 0.6 is 23.2 Å². The van der Waals surface area contributed by atoms with E-state index in [9.17, 15) is 43.5 Å². The standard InChI is InChI=1S/C21H14Cl2F3N5O4/c1-19(17(32)33)7-20(18(34)35,14-9(22)2-8(3-10(14)23)21(24,25)26)4-11(29)15(19)16-30-12(5-27)13(6-28)31-16/h2-4,15H,7,29H2,1H3,(H,30,31)(H,32,33)(H,34,35). The van der Waals surface area contributed by atoms with Crippen molar-refractivity contribution in [2.24, 2.45) is 11.1 Å². The molecular formula is C21H14Cl2F3N5O4. The predicted molar refractivity (Wildman–Crippen MR) is 114 cm³/mol. The molecule has 14 heteroatoms. The fourth-order valence-corrected chi connectivity index (χ4v) is 5.21. The van der Waals surface area contributed by atoms with Gasteiger partial charge in [0.1, 0.15) is 23.4 Å². The fraction of sp³-hybridized carbons (Fsp3) is 0.286. The number of nitrogens with one attached hydrogen (secondary N) is 1. The van der Waals surface area contributed by atoms with Gasteiger partial charge in [-0.2, -0.15) is 23.7 Å². The minimum Gasteiger partial charge on any atom is -0.481 e. The molecule has 0 saturated heterocycles. The van der Waals surface area contributed by atoms with Crippen LogP contribution in [0.2, 0.25) is 10.0 Å². The summed E-state index contributed by atoms with van der Waals surface area (Å²) in [4.78, 5) is 31.5. The molecule has 0 spiro atoms. The molecule has 1 aromatic heterocycles. The molecule has 2 aromatic rings. The van der Waals surface area contributed by atoms with Gasteiger partial charge in [0.2, 0.25) is 0 Å². The van der Waals surface area contributed by atoms with E-state index in [1.807, 2.05) is 0 Å². The number of H-pyrrole nitrogens is 1. The Bertz CT molecular complexity index is 1320. The molecule has 5 N–H and O–H groups in total. The van der Waals surface area contributed by atoms with Gasteiger partial charge in [-0.15, -0.1) is 0 Å². The monoisotopic (exact) mass is 527 g/mol. The van der Waals surface area contributed by atoms with E-state index in [-0.39, 0.29) is 22.9 Å². The Hall–Kier alpha value is -3.74. The first-order chi connectivity index (χ1) is 16.1. The minimum absolute atomic E-state index is 0.180. The van der Waals surface area contributed by atoms with Crippen LogP contribution in [-0.4, -0.2) is 32.1 Å². The van der Waals surface area contributed by atoms with Crippen LogP contribution in [0.15, 0.2) is 23.9 Å². The summed E-state index contributed by atoms with van der Waals surface area (Å²) in [6.07, 6.45) is -4.64. The largest absolute Gasteiger partial charge is 0.481 e. The summed E-state index contributed by atoms with van der Waals surface area (Å²) < 4.78 is 39.6. The highest BCUT2D eigenvalue weighted by Crippen LogP contribution is 2.55. The molecular weight excluding hydrogens is 514 g/mol. The van der Waals surface area contributed by atoms with Crippen LogP contribution in [0.25, 0.3) is 0 Å². The van der Waals surface area contributed by atoms with Crippen LogP contribution in [0.1, 0.15) is 47.6 Å². The van der Waals surface area contributed by atoms with Gasteiger partial charge in [0.25, 0.3) is 0 Å². The molecule has 1 aliphatic rings. The van der Waals surface area contributed by atoms with E-state index in [1.54, 1.807) is 12.1 Å². The van der Waals surface area contributed by atoms with Gasteiger partial charge >= 0.3 is 18.1 Å². The van der Waals surface area contributed by atoms with E-state index in [1.165, 1.54) is 0 Å². The number of carboxylic acid groups (broad SMARTS) is 2. The predicted octanol–water partition coefficient (Wildman–Crippen LogP) is 3.92. The van der Waals surface area contributed by atoms with Crippen LogP contribution in [0.4, 0.5) is 13.2 Å². The number of nitrogens with two attached hydrogens (primary N) is 1. The van der Waals surface area contributed by atoms with Crippen molar-refractivity contribution in [1.29, 1.82) is 10.5 Å². The van der Waals surface area contributed by atoms with Crippen molar-refractivity contribution in [1.82, 2.24) is 9.97 Å². The second-order valence-corrected chi connectivity index (χ2v) is 8.95. The van der Waals surface area contributed by atoms with Crippen molar-refractivity contribution < 1.29 is 33.0 Å². The number of aliphatic carboxylic acids is 2. The highest BCUT2D eigenvalue weighted by Gasteiger charge is 2.58. The number of halogens is 5. The molecule has 1 aliphatic carbocycles. The number of benzene rings is 1. The number of nitriles is 2. The first kappa shape index (κ1) is 25.9. The summed E-state index contributed by atoms with van der Waals surface area (Å²) in [5, 5.41) is 37.4. The molecule has 0 bridgehead atoms. The molecule has 0 radical (unpaired) electrons. The first-order valence-corrected chi connectivity index (χ1v) is 10.3. The molecule has 0 amide bonds. The van der Waals surface area contributed by atoms with Crippen molar-refractivity contribution >= 4 is 35.1 Å². The first-order valence-electron chi connectivity index (χ1n) is 9.54. The van der Waals surface area contributed by atoms with Crippen molar-refractivity contribution in [3.63, 3.8) is 0 Å². The smallest absolute Gasteiger partial charge is 0.416 e. The number of imidazole rings is 1. The Balaban J connectivity index is 2.34. The summed E-state index contributed by atoms with van der Waals surface area (Å²) in [5.41, 5.74) is -0.861. The van der Waals surface area contributed by atoms with Crippen molar-refractivity contribution in [3.05, 3.63) is 62.3 Å². The van der Waals surface area contributed by atoms with Crippen LogP contribution in [0.5, 0.6) is 0 Å². The third kappa shape index (κ3) is 4.05. The number of aromatic nitrogens is 2. The normalized spacial score (nSPS) is 24.2. The molecule has 0 saturated carbocycles. The van der Waals surface area contributed by atoms with Crippen molar-refractivity contribution in [2.75, 3.05) is 0 Å². The number of aromatic amines is 1. The molecule has 0 aliphatic heterocycles. The Kier molecular flexibility index (Phi) is 6.27. The fourth-order valence-electron chi connectivity index (χ4n) is 4.38. The molecule has 3 unspecified atom stereocenters. The minimum atomic E-state index is -4.83. The second-order valence-electron chi connectivity index (χ2n) is 8.14. The SMILES string of the molecule is CC1(C(=O)O)CC(C(=O)O)(c2c(Cl)cc(C(F)(F)F)cc2Cl)C=C(N)C1c1nc(C#N)c(C#N)[nH]1. The van der Waals surface area contributed by atoms with Gasteiger partial charge in [0.05, 0.1) is 16.9 Å². The number of allylic oxidation sites excluding steroid dienone is 1. The zero-order chi connectivity index (χ0) is 26.5. The van der Waals surface area contributed by atoms with Gasteiger partial charge < -0.3 is 20.9 Å². The molecule has 9 nitrogen and oxygen atoms in total. The van der Waals surface area contributed by atoms with E-state index in [0.29, 0.717) is 12.1 Å². The lowest BCUT2D eigenvalue weighted by Gasteiger charge is -2.44. The maximum absolute atomic E-state index is 13.2. The number of nitrogens with zero attached hydrogens (tertiary/aromatic N) is 3. The number of carbonyl (C=O) groups is 2. The quantitative estimate of drug-likeness (QED) is 0.461. The number of hydrogen-bond acceptors (Lipinski definition) is 6. The Morgan fingerprint density at radius 1 is 1.20 bits per heavy atom. The van der Waals surface area contributed by atoms with E-state index in [4.69, 9.17) is 28.9 Å². The summed E-state index contributed by atoms with van der Waals surface area (Å²) in [6.45, 7) is 1.16. The summed E-state index contributed by atoms with van der Waals surface area (Å²) in [5.74, 6) is -4.71. The topological polar surface area (TPSA) is 177 Å². The number of alkyl halides is 3. The highest BCUT2D eigenvalue weighted by atomic mass is 35.5. The van der Waals surface area contributed by atoms with Crippen LogP contribution in [0, 0.1) is 28.1 Å². The van der Waals surface area contributed by atoms with Gasteiger partial charge in [0.15, 0.2) is 11.4 Å². The maximum atomic E-state index is 13.2. The Morgan fingerprint density at radius 2 is 1.77 bits per heavy atom. The zero-order valence-electron chi connectivity index (χ0n) is 17.5. The third-order valence-electron chi connectivity index (χ3n) is 5.93. The van der Waals surface area contributed by atoms with Gasteiger partial charge in [-0.25, -0.2) is 4.98 Å². The molecule has 3 atom stereocenters. The molecule has 182 valence electrons. The van der Waals surface area contributed by atoms with Crippen LogP contribution in [0.3, 0.4) is 0 Å². The summed E-state index contributed by atoms with van der Waals surface area (Å²) in [6, 6.07) is 4.36. The Labute approximate surface area is 205 Å². The lowest BCUT2D eigenvalue weighted by atomic mass is 9.58. The third-order valence-corrected chi connectivity index (χ3v) is 6.52. The van der Waals surface area contributed by atoms with Gasteiger partial charge in [-0.3, -0.25) is 9.59 Å². The highest BCUT2D eigenvalue weighted by molar-refractivity contribution is 6.37.